The number of thiophene rings is 1. The SMILES string of the molecule is CCS(=O)(=O)Nc1ccccc1C(=O)NCc1ccc(S(N)(=O)=O)s1. The summed E-state index contributed by atoms with van der Waals surface area (Å²) in [6, 6.07) is 9.13. The lowest BCUT2D eigenvalue weighted by Gasteiger charge is -2.11. The quantitative estimate of drug-likeness (QED) is 0.636. The molecule has 0 aliphatic rings. The van der Waals surface area contributed by atoms with Crippen LogP contribution in [0.3, 0.4) is 0 Å². The average molecular weight is 404 g/mol. The molecule has 0 aliphatic heterocycles. The van der Waals surface area contributed by atoms with Gasteiger partial charge in [-0.15, -0.1) is 11.3 Å². The molecule has 0 saturated heterocycles. The number of hydrogen-bond acceptors (Lipinski definition) is 6. The number of rotatable bonds is 7. The molecule has 8 nitrogen and oxygen atoms in total. The van der Waals surface area contributed by atoms with Crippen LogP contribution in [0.4, 0.5) is 5.69 Å². The molecule has 0 fully saturated rings. The molecule has 1 aromatic heterocycles. The highest BCUT2D eigenvalue weighted by atomic mass is 32.2. The third-order valence-electron chi connectivity index (χ3n) is 3.16. The zero-order valence-electron chi connectivity index (χ0n) is 13.2. The molecular formula is C14H17N3O5S3. The zero-order valence-corrected chi connectivity index (χ0v) is 15.7. The van der Waals surface area contributed by atoms with Crippen LogP contribution in [-0.2, 0) is 26.6 Å². The van der Waals surface area contributed by atoms with E-state index in [2.05, 4.69) is 10.0 Å². The second-order valence-corrected chi connectivity index (χ2v) is 9.97. The van der Waals surface area contributed by atoms with Crippen LogP contribution in [0.15, 0.2) is 40.6 Å². The predicted octanol–water partition coefficient (Wildman–Crippen LogP) is 1.09. The van der Waals surface area contributed by atoms with Crippen molar-refractivity contribution in [3.63, 3.8) is 0 Å². The number of carbonyl (C=O) groups is 1. The highest BCUT2D eigenvalue weighted by molar-refractivity contribution is 7.92. The number of nitrogens with one attached hydrogen (secondary N) is 2. The second-order valence-electron chi connectivity index (χ2n) is 5.00. The number of nitrogens with two attached hydrogens (primary N) is 1. The van der Waals surface area contributed by atoms with Gasteiger partial charge in [0.15, 0.2) is 0 Å². The number of carbonyl (C=O) groups excluding carboxylic acids is 1. The van der Waals surface area contributed by atoms with Crippen molar-refractivity contribution in [2.75, 3.05) is 10.5 Å². The molecule has 0 unspecified atom stereocenters. The Morgan fingerprint density at radius 3 is 2.40 bits per heavy atom. The summed E-state index contributed by atoms with van der Waals surface area (Å²) in [6.07, 6.45) is 0. The number of primary sulfonamides is 1. The van der Waals surface area contributed by atoms with E-state index < -0.39 is 26.0 Å². The molecule has 0 atom stereocenters. The Balaban J connectivity index is 2.13. The van der Waals surface area contributed by atoms with E-state index in [9.17, 15) is 21.6 Å². The van der Waals surface area contributed by atoms with Gasteiger partial charge in [-0.25, -0.2) is 22.0 Å². The van der Waals surface area contributed by atoms with Gasteiger partial charge in [-0.2, -0.15) is 0 Å². The van der Waals surface area contributed by atoms with Crippen LogP contribution in [-0.4, -0.2) is 28.5 Å². The fraction of sp³-hybridized carbons (Fsp3) is 0.214. The highest BCUT2D eigenvalue weighted by Gasteiger charge is 2.16. The Morgan fingerprint density at radius 2 is 1.80 bits per heavy atom. The Labute approximate surface area is 150 Å². The zero-order chi connectivity index (χ0) is 18.7. The topological polar surface area (TPSA) is 135 Å². The van der Waals surface area contributed by atoms with Crippen LogP contribution in [0.1, 0.15) is 22.2 Å². The fourth-order valence-electron chi connectivity index (χ4n) is 1.88. The molecule has 1 heterocycles. The predicted molar refractivity (Wildman–Crippen MR) is 96.4 cm³/mol. The van der Waals surface area contributed by atoms with E-state index >= 15 is 0 Å². The number of sulfonamides is 2. The highest BCUT2D eigenvalue weighted by Crippen LogP contribution is 2.21. The van der Waals surface area contributed by atoms with Crippen LogP contribution in [0.5, 0.6) is 0 Å². The van der Waals surface area contributed by atoms with Crippen molar-refractivity contribution in [1.82, 2.24) is 5.32 Å². The summed E-state index contributed by atoms with van der Waals surface area (Å²) in [7, 11) is -7.29. The van der Waals surface area contributed by atoms with Crippen LogP contribution in [0, 0.1) is 0 Å². The third kappa shape index (κ3) is 5.26. The van der Waals surface area contributed by atoms with E-state index in [1.807, 2.05) is 0 Å². The normalized spacial score (nSPS) is 11.9. The summed E-state index contributed by atoms with van der Waals surface area (Å²) in [4.78, 5) is 12.9. The van der Waals surface area contributed by atoms with Gasteiger partial charge in [-0.1, -0.05) is 12.1 Å². The molecule has 1 amide bonds. The van der Waals surface area contributed by atoms with Crippen molar-refractivity contribution < 1.29 is 21.6 Å². The van der Waals surface area contributed by atoms with E-state index in [1.54, 1.807) is 18.2 Å². The average Bonchev–Trinajstić information content (AvgIpc) is 3.02. The molecule has 136 valence electrons. The van der Waals surface area contributed by atoms with Crippen LogP contribution in [0.2, 0.25) is 0 Å². The van der Waals surface area contributed by atoms with Crippen molar-refractivity contribution in [2.24, 2.45) is 5.14 Å². The van der Waals surface area contributed by atoms with E-state index in [-0.39, 0.29) is 27.8 Å². The number of amides is 1. The number of benzene rings is 1. The van der Waals surface area contributed by atoms with Gasteiger partial charge >= 0.3 is 0 Å². The summed E-state index contributed by atoms with van der Waals surface area (Å²) in [5.41, 5.74) is 0.348. The summed E-state index contributed by atoms with van der Waals surface area (Å²) in [5, 5.41) is 7.66. The molecule has 0 spiro atoms. The molecular weight excluding hydrogens is 386 g/mol. The van der Waals surface area contributed by atoms with Crippen molar-refractivity contribution in [3.8, 4) is 0 Å². The minimum absolute atomic E-state index is 0.00727. The Bertz CT molecular complexity index is 981. The van der Waals surface area contributed by atoms with Crippen molar-refractivity contribution in [1.29, 1.82) is 0 Å². The van der Waals surface area contributed by atoms with E-state index in [0.29, 0.717) is 4.88 Å². The van der Waals surface area contributed by atoms with Gasteiger partial charge in [0.25, 0.3) is 5.91 Å². The molecule has 0 aliphatic carbocycles. The van der Waals surface area contributed by atoms with Gasteiger partial charge in [0, 0.05) is 4.88 Å². The standard InChI is InChI=1S/C14H17N3O5S3/c1-2-24(19,20)17-12-6-4-3-5-11(12)14(18)16-9-10-7-8-13(23-10)25(15,21)22/h3-8,17H,2,9H2,1H3,(H,16,18)(H2,15,21,22). The van der Waals surface area contributed by atoms with Gasteiger partial charge in [-0.05, 0) is 31.2 Å². The summed E-state index contributed by atoms with van der Waals surface area (Å²) < 4.78 is 48.3. The lowest BCUT2D eigenvalue weighted by atomic mass is 10.1. The maximum Gasteiger partial charge on any atom is 0.253 e. The third-order valence-corrected chi connectivity index (χ3v) is 6.97. The van der Waals surface area contributed by atoms with E-state index in [1.165, 1.54) is 25.1 Å². The molecule has 4 N–H and O–H groups in total. The largest absolute Gasteiger partial charge is 0.347 e. The first kappa shape index (κ1) is 19.4. The molecule has 1 aromatic carbocycles. The fourth-order valence-corrected chi connectivity index (χ4v) is 4.25. The Kier molecular flexibility index (Phi) is 5.83. The van der Waals surface area contributed by atoms with E-state index in [0.717, 1.165) is 11.3 Å². The summed E-state index contributed by atoms with van der Waals surface area (Å²) in [6.45, 7) is 1.58. The van der Waals surface area contributed by atoms with Crippen molar-refractivity contribution in [3.05, 3.63) is 46.8 Å². The summed E-state index contributed by atoms with van der Waals surface area (Å²) in [5.74, 6) is -0.603. The smallest absolute Gasteiger partial charge is 0.253 e. The Morgan fingerprint density at radius 1 is 1.12 bits per heavy atom. The molecule has 0 radical (unpaired) electrons. The first-order chi connectivity index (χ1) is 11.6. The first-order valence-electron chi connectivity index (χ1n) is 7.11. The van der Waals surface area contributed by atoms with Gasteiger partial charge in [0.05, 0.1) is 23.5 Å². The second kappa shape index (κ2) is 7.52. The van der Waals surface area contributed by atoms with Crippen LogP contribution in [0.25, 0.3) is 0 Å². The maximum absolute atomic E-state index is 12.3. The van der Waals surface area contributed by atoms with Gasteiger partial charge in [0.1, 0.15) is 4.21 Å². The first-order valence-corrected chi connectivity index (χ1v) is 11.1. The summed E-state index contributed by atoms with van der Waals surface area (Å²) >= 11 is 0.956. The number of para-hydroxylation sites is 1. The maximum atomic E-state index is 12.3. The molecule has 0 saturated carbocycles. The van der Waals surface area contributed by atoms with Gasteiger partial charge in [0.2, 0.25) is 20.0 Å². The monoisotopic (exact) mass is 403 g/mol. The van der Waals surface area contributed by atoms with Crippen LogP contribution >= 0.6 is 11.3 Å². The Hall–Kier alpha value is -1.95. The minimum atomic E-state index is -3.77. The van der Waals surface area contributed by atoms with Gasteiger partial charge in [-0.3, -0.25) is 9.52 Å². The number of anilines is 1. The molecule has 11 heteroatoms. The van der Waals surface area contributed by atoms with Crippen molar-refractivity contribution in [2.45, 2.75) is 17.7 Å². The molecule has 0 bridgehead atoms. The van der Waals surface area contributed by atoms with Crippen LogP contribution < -0.4 is 15.2 Å². The lowest BCUT2D eigenvalue weighted by molar-refractivity contribution is 0.0952. The molecule has 2 rings (SSSR count). The van der Waals surface area contributed by atoms with Crippen molar-refractivity contribution >= 4 is 43.0 Å². The number of hydrogen-bond donors (Lipinski definition) is 3. The van der Waals surface area contributed by atoms with Gasteiger partial charge < -0.3 is 5.32 Å². The van der Waals surface area contributed by atoms with E-state index in [4.69, 9.17) is 5.14 Å². The lowest BCUT2D eigenvalue weighted by Crippen LogP contribution is -2.25. The molecule has 25 heavy (non-hydrogen) atoms. The minimum Gasteiger partial charge on any atom is -0.347 e. The molecule has 2 aromatic rings.